The molecule has 0 saturated carbocycles. The van der Waals surface area contributed by atoms with Gasteiger partial charge in [0.1, 0.15) is 11.5 Å². The summed E-state index contributed by atoms with van der Waals surface area (Å²) in [5.74, 6) is 0.191. The van der Waals surface area contributed by atoms with Crippen LogP contribution in [0.15, 0.2) is 42.5 Å². The fraction of sp³-hybridized carbons (Fsp3) is 0.273. The zero-order valence-electron chi connectivity index (χ0n) is 16.7. The second-order valence-electron chi connectivity index (χ2n) is 6.33. The Morgan fingerprint density at radius 1 is 1.04 bits per heavy atom. The highest BCUT2D eigenvalue weighted by molar-refractivity contribution is 5.97. The van der Waals surface area contributed by atoms with E-state index in [0.717, 1.165) is 11.1 Å². The van der Waals surface area contributed by atoms with E-state index in [9.17, 15) is 9.59 Å². The summed E-state index contributed by atoms with van der Waals surface area (Å²) in [6, 6.07) is 11.0. The van der Waals surface area contributed by atoms with E-state index in [0.29, 0.717) is 22.7 Å². The second kappa shape index (κ2) is 9.60. The number of amides is 1. The van der Waals surface area contributed by atoms with Gasteiger partial charge in [-0.3, -0.25) is 4.79 Å². The maximum absolute atomic E-state index is 12.3. The number of nitrogens with one attached hydrogen (secondary N) is 1. The molecule has 0 aliphatic carbocycles. The molecule has 0 fully saturated rings. The standard InChI is InChI=1S/C22H25NO5/c1-14-6-7-15(2)19(12-14)23-22(25)16(3)28-21(24)11-9-17-8-10-18(26-4)13-20(17)27-5/h6-13,16H,1-5H3,(H,23,25)/b11-9+/t16-/m1/s1. The molecule has 0 heterocycles. The van der Waals surface area contributed by atoms with Crippen molar-refractivity contribution in [2.24, 2.45) is 0 Å². The Morgan fingerprint density at radius 2 is 1.79 bits per heavy atom. The van der Waals surface area contributed by atoms with Crippen molar-refractivity contribution in [3.63, 3.8) is 0 Å². The molecule has 0 aliphatic heterocycles. The van der Waals surface area contributed by atoms with Gasteiger partial charge in [0.05, 0.1) is 14.2 Å². The first-order valence-corrected chi connectivity index (χ1v) is 8.83. The molecule has 0 spiro atoms. The largest absolute Gasteiger partial charge is 0.497 e. The smallest absolute Gasteiger partial charge is 0.331 e. The van der Waals surface area contributed by atoms with Crippen molar-refractivity contribution in [3.8, 4) is 11.5 Å². The lowest BCUT2D eigenvalue weighted by Crippen LogP contribution is -2.29. The second-order valence-corrected chi connectivity index (χ2v) is 6.33. The van der Waals surface area contributed by atoms with Crippen molar-refractivity contribution in [1.82, 2.24) is 0 Å². The fourth-order valence-electron chi connectivity index (χ4n) is 2.49. The summed E-state index contributed by atoms with van der Waals surface area (Å²) in [5, 5.41) is 2.79. The van der Waals surface area contributed by atoms with Gasteiger partial charge in [-0.25, -0.2) is 4.79 Å². The van der Waals surface area contributed by atoms with Gasteiger partial charge in [0.2, 0.25) is 0 Å². The van der Waals surface area contributed by atoms with Crippen molar-refractivity contribution in [2.75, 3.05) is 19.5 Å². The number of hydrogen-bond acceptors (Lipinski definition) is 5. The number of benzene rings is 2. The number of rotatable bonds is 7. The average molecular weight is 383 g/mol. The Labute approximate surface area is 165 Å². The van der Waals surface area contributed by atoms with Crippen LogP contribution in [0, 0.1) is 13.8 Å². The molecule has 0 unspecified atom stereocenters. The highest BCUT2D eigenvalue weighted by atomic mass is 16.5. The Balaban J connectivity index is 1.99. The van der Waals surface area contributed by atoms with Crippen molar-refractivity contribution in [1.29, 1.82) is 0 Å². The van der Waals surface area contributed by atoms with E-state index in [1.807, 2.05) is 32.0 Å². The minimum absolute atomic E-state index is 0.391. The van der Waals surface area contributed by atoms with Gasteiger partial charge in [-0.1, -0.05) is 12.1 Å². The third-order valence-electron chi connectivity index (χ3n) is 4.15. The highest BCUT2D eigenvalue weighted by Gasteiger charge is 2.17. The molecule has 6 nitrogen and oxygen atoms in total. The van der Waals surface area contributed by atoms with E-state index >= 15 is 0 Å². The van der Waals surface area contributed by atoms with Crippen LogP contribution in [0.2, 0.25) is 0 Å². The zero-order chi connectivity index (χ0) is 20.7. The highest BCUT2D eigenvalue weighted by Crippen LogP contribution is 2.25. The lowest BCUT2D eigenvalue weighted by molar-refractivity contribution is -0.148. The van der Waals surface area contributed by atoms with Crippen LogP contribution in [-0.4, -0.2) is 32.2 Å². The number of carbonyl (C=O) groups is 2. The summed E-state index contributed by atoms with van der Waals surface area (Å²) in [5.41, 5.74) is 3.35. The summed E-state index contributed by atoms with van der Waals surface area (Å²) in [6.45, 7) is 5.37. The first-order valence-electron chi connectivity index (χ1n) is 8.83. The van der Waals surface area contributed by atoms with Gasteiger partial charge in [0, 0.05) is 23.4 Å². The molecule has 148 valence electrons. The number of carbonyl (C=O) groups excluding carboxylic acids is 2. The van der Waals surface area contributed by atoms with E-state index in [4.69, 9.17) is 14.2 Å². The molecule has 1 amide bonds. The summed E-state index contributed by atoms with van der Waals surface area (Å²) >= 11 is 0. The molecule has 2 aromatic carbocycles. The van der Waals surface area contributed by atoms with Gasteiger partial charge in [-0.05, 0) is 56.2 Å². The number of hydrogen-bond donors (Lipinski definition) is 1. The Kier molecular flexibility index (Phi) is 7.21. The first-order chi connectivity index (χ1) is 13.3. The molecule has 2 rings (SSSR count). The van der Waals surface area contributed by atoms with Crippen LogP contribution >= 0.6 is 0 Å². The fourth-order valence-corrected chi connectivity index (χ4v) is 2.49. The van der Waals surface area contributed by atoms with Crippen LogP contribution < -0.4 is 14.8 Å². The van der Waals surface area contributed by atoms with Crippen molar-refractivity contribution in [2.45, 2.75) is 26.9 Å². The van der Waals surface area contributed by atoms with Gasteiger partial charge >= 0.3 is 5.97 Å². The average Bonchev–Trinajstić information content (AvgIpc) is 2.68. The van der Waals surface area contributed by atoms with E-state index in [1.165, 1.54) is 20.1 Å². The molecule has 0 radical (unpaired) electrons. The van der Waals surface area contributed by atoms with E-state index in [2.05, 4.69) is 5.32 Å². The number of aryl methyl sites for hydroxylation is 2. The summed E-state index contributed by atoms with van der Waals surface area (Å²) in [7, 11) is 3.09. The maximum Gasteiger partial charge on any atom is 0.331 e. The molecule has 0 aliphatic rings. The van der Waals surface area contributed by atoms with E-state index in [1.54, 1.807) is 31.4 Å². The zero-order valence-corrected chi connectivity index (χ0v) is 16.7. The Morgan fingerprint density at radius 3 is 2.46 bits per heavy atom. The van der Waals surface area contributed by atoms with E-state index in [-0.39, 0.29) is 0 Å². The molecule has 0 bridgehead atoms. The van der Waals surface area contributed by atoms with Gasteiger partial charge in [0.15, 0.2) is 6.10 Å². The van der Waals surface area contributed by atoms with Crippen molar-refractivity contribution >= 4 is 23.6 Å². The Hall–Kier alpha value is -3.28. The molecular weight excluding hydrogens is 358 g/mol. The molecular formula is C22H25NO5. The van der Waals surface area contributed by atoms with E-state index < -0.39 is 18.0 Å². The molecule has 1 atom stereocenters. The molecule has 0 aromatic heterocycles. The molecule has 0 saturated heterocycles. The molecule has 1 N–H and O–H groups in total. The molecule has 28 heavy (non-hydrogen) atoms. The van der Waals surface area contributed by atoms with Crippen LogP contribution in [0.3, 0.4) is 0 Å². The summed E-state index contributed by atoms with van der Waals surface area (Å²) in [4.78, 5) is 24.4. The van der Waals surface area contributed by atoms with Crippen LogP contribution in [0.1, 0.15) is 23.6 Å². The van der Waals surface area contributed by atoms with Crippen LogP contribution in [0.4, 0.5) is 5.69 Å². The molecule has 6 heteroatoms. The van der Waals surface area contributed by atoms with Gasteiger partial charge in [-0.15, -0.1) is 0 Å². The van der Waals surface area contributed by atoms with Crippen LogP contribution in [0.5, 0.6) is 11.5 Å². The third-order valence-corrected chi connectivity index (χ3v) is 4.15. The first kappa shape index (κ1) is 21.0. The number of esters is 1. The normalized spacial score (nSPS) is 11.8. The maximum atomic E-state index is 12.3. The quantitative estimate of drug-likeness (QED) is 0.580. The SMILES string of the molecule is COc1ccc(/C=C/C(=O)O[C@H](C)C(=O)Nc2cc(C)ccc2C)c(OC)c1. The number of anilines is 1. The molecule has 2 aromatic rings. The topological polar surface area (TPSA) is 73.9 Å². The minimum atomic E-state index is -0.935. The predicted octanol–water partition coefficient (Wildman–Crippen LogP) is 3.90. The van der Waals surface area contributed by atoms with Crippen molar-refractivity contribution in [3.05, 3.63) is 59.2 Å². The predicted molar refractivity (Wildman–Crippen MR) is 109 cm³/mol. The minimum Gasteiger partial charge on any atom is -0.497 e. The third kappa shape index (κ3) is 5.61. The Bertz CT molecular complexity index is 888. The lowest BCUT2D eigenvalue weighted by Gasteiger charge is -2.14. The van der Waals surface area contributed by atoms with Gasteiger partial charge in [-0.2, -0.15) is 0 Å². The van der Waals surface area contributed by atoms with Crippen molar-refractivity contribution < 1.29 is 23.8 Å². The summed E-state index contributed by atoms with van der Waals surface area (Å²) < 4.78 is 15.6. The van der Waals surface area contributed by atoms with Gasteiger partial charge in [0.25, 0.3) is 5.91 Å². The number of methoxy groups -OCH3 is 2. The lowest BCUT2D eigenvalue weighted by atomic mass is 10.1. The van der Waals surface area contributed by atoms with Gasteiger partial charge < -0.3 is 19.5 Å². The monoisotopic (exact) mass is 383 g/mol. The summed E-state index contributed by atoms with van der Waals surface area (Å²) in [6.07, 6.45) is 1.89. The number of ether oxygens (including phenoxy) is 3. The van der Waals surface area contributed by atoms with Crippen LogP contribution in [0.25, 0.3) is 6.08 Å². The van der Waals surface area contributed by atoms with Crippen LogP contribution in [-0.2, 0) is 14.3 Å².